The monoisotopic (exact) mass is 369 g/mol. The quantitative estimate of drug-likeness (QED) is 0.663. The third kappa shape index (κ3) is 3.78. The molecule has 1 saturated heterocycles. The van der Waals surface area contributed by atoms with E-state index in [-0.39, 0.29) is 5.56 Å². The minimum atomic E-state index is -0.0789. The van der Waals surface area contributed by atoms with Crippen LogP contribution in [-0.4, -0.2) is 61.1 Å². The molecule has 1 aliphatic heterocycles. The fraction of sp³-hybridized carbons (Fsp3) is 0.353. The molecular formula is C17H19N7OS. The molecule has 8 nitrogen and oxygen atoms in total. The summed E-state index contributed by atoms with van der Waals surface area (Å²) in [4.78, 5) is 20.8. The fourth-order valence-corrected chi connectivity index (χ4v) is 3.45. The molecular weight excluding hydrogens is 350 g/mol. The Morgan fingerprint density at radius 3 is 2.65 bits per heavy atom. The molecule has 0 unspecified atom stereocenters. The zero-order valence-electron chi connectivity index (χ0n) is 14.2. The van der Waals surface area contributed by atoms with Gasteiger partial charge in [0.15, 0.2) is 5.82 Å². The topological polar surface area (TPSA) is 80.0 Å². The molecule has 4 rings (SSSR count). The summed E-state index contributed by atoms with van der Waals surface area (Å²) in [7, 11) is 0. The minimum absolute atomic E-state index is 0.0789. The lowest BCUT2D eigenvalue weighted by atomic mass is 10.2. The SMILES string of the molecule is O=c1ccc(-c2cccnc2)nn1CCN1CCN(c2cnsn2)CC1. The molecule has 9 heteroatoms. The van der Waals surface area contributed by atoms with Crippen molar-refractivity contribution in [2.75, 3.05) is 37.6 Å². The van der Waals surface area contributed by atoms with Crippen molar-refractivity contribution in [3.8, 4) is 11.3 Å². The summed E-state index contributed by atoms with van der Waals surface area (Å²) in [5, 5.41) is 4.49. The molecule has 26 heavy (non-hydrogen) atoms. The van der Waals surface area contributed by atoms with Crippen molar-refractivity contribution in [3.05, 3.63) is 53.2 Å². The summed E-state index contributed by atoms with van der Waals surface area (Å²) in [5.41, 5.74) is 1.59. The molecule has 0 spiro atoms. The summed E-state index contributed by atoms with van der Waals surface area (Å²) in [6.07, 6.45) is 5.29. The van der Waals surface area contributed by atoms with E-state index >= 15 is 0 Å². The van der Waals surface area contributed by atoms with Crippen molar-refractivity contribution >= 4 is 17.5 Å². The van der Waals surface area contributed by atoms with Gasteiger partial charge in [-0.3, -0.25) is 14.7 Å². The highest BCUT2D eigenvalue weighted by atomic mass is 32.1. The van der Waals surface area contributed by atoms with E-state index in [1.54, 1.807) is 29.2 Å². The first kappa shape index (κ1) is 16.8. The summed E-state index contributed by atoms with van der Waals surface area (Å²) in [6.45, 7) is 5.09. The largest absolute Gasteiger partial charge is 0.352 e. The molecule has 1 fully saturated rings. The average Bonchev–Trinajstić information content (AvgIpc) is 3.23. The van der Waals surface area contributed by atoms with Gasteiger partial charge in [-0.25, -0.2) is 4.68 Å². The first-order valence-corrected chi connectivity index (χ1v) is 9.26. The van der Waals surface area contributed by atoms with Crippen LogP contribution in [-0.2, 0) is 6.54 Å². The van der Waals surface area contributed by atoms with Crippen molar-refractivity contribution in [3.63, 3.8) is 0 Å². The number of hydrogen-bond donors (Lipinski definition) is 0. The Bertz CT molecular complexity index is 889. The molecule has 0 atom stereocenters. The van der Waals surface area contributed by atoms with Gasteiger partial charge in [0, 0.05) is 56.7 Å². The smallest absolute Gasteiger partial charge is 0.266 e. The van der Waals surface area contributed by atoms with Gasteiger partial charge in [0.05, 0.1) is 30.2 Å². The first-order chi connectivity index (χ1) is 12.8. The van der Waals surface area contributed by atoms with E-state index in [2.05, 4.69) is 28.6 Å². The first-order valence-electron chi connectivity index (χ1n) is 8.53. The molecule has 3 aromatic rings. The van der Waals surface area contributed by atoms with E-state index in [0.29, 0.717) is 6.54 Å². The van der Waals surface area contributed by atoms with Crippen LogP contribution in [0.25, 0.3) is 11.3 Å². The molecule has 4 heterocycles. The van der Waals surface area contributed by atoms with Crippen LogP contribution in [0.5, 0.6) is 0 Å². The maximum absolute atomic E-state index is 12.1. The van der Waals surface area contributed by atoms with Gasteiger partial charge in [0.25, 0.3) is 5.56 Å². The number of piperazine rings is 1. The van der Waals surface area contributed by atoms with E-state index in [1.807, 2.05) is 18.3 Å². The molecule has 134 valence electrons. The third-order valence-corrected chi connectivity index (χ3v) is 4.97. The fourth-order valence-electron chi connectivity index (χ4n) is 3.01. The van der Waals surface area contributed by atoms with Crippen molar-refractivity contribution in [1.29, 1.82) is 0 Å². The Kier molecular flexibility index (Phi) is 4.98. The molecule has 0 radical (unpaired) electrons. The maximum atomic E-state index is 12.1. The molecule has 3 aromatic heterocycles. The van der Waals surface area contributed by atoms with Crippen molar-refractivity contribution in [2.45, 2.75) is 6.54 Å². The number of anilines is 1. The lowest BCUT2D eigenvalue weighted by Gasteiger charge is -2.34. The molecule has 0 aromatic carbocycles. The van der Waals surface area contributed by atoms with Gasteiger partial charge in [-0.05, 0) is 18.2 Å². The van der Waals surface area contributed by atoms with Gasteiger partial charge in [-0.15, -0.1) is 0 Å². The van der Waals surface area contributed by atoms with Crippen LogP contribution >= 0.6 is 11.7 Å². The van der Waals surface area contributed by atoms with Crippen LogP contribution in [0, 0.1) is 0 Å². The van der Waals surface area contributed by atoms with Gasteiger partial charge in [0.1, 0.15) is 0 Å². The van der Waals surface area contributed by atoms with Crippen LogP contribution in [0.3, 0.4) is 0 Å². The normalized spacial score (nSPS) is 15.3. The highest BCUT2D eigenvalue weighted by Gasteiger charge is 2.18. The molecule has 0 aliphatic carbocycles. The zero-order chi connectivity index (χ0) is 17.8. The van der Waals surface area contributed by atoms with Crippen molar-refractivity contribution in [1.82, 2.24) is 28.4 Å². The molecule has 0 bridgehead atoms. The average molecular weight is 369 g/mol. The van der Waals surface area contributed by atoms with Crippen LogP contribution in [0.15, 0.2) is 47.7 Å². The second-order valence-corrected chi connectivity index (χ2v) is 6.67. The van der Waals surface area contributed by atoms with Crippen LogP contribution in [0.2, 0.25) is 0 Å². The predicted molar refractivity (Wildman–Crippen MR) is 100 cm³/mol. The summed E-state index contributed by atoms with van der Waals surface area (Å²) in [5.74, 6) is 0.955. The third-order valence-electron chi connectivity index (χ3n) is 4.50. The Morgan fingerprint density at radius 1 is 1.04 bits per heavy atom. The second-order valence-electron chi connectivity index (χ2n) is 6.12. The maximum Gasteiger partial charge on any atom is 0.266 e. The lowest BCUT2D eigenvalue weighted by Crippen LogP contribution is -2.47. The Labute approximate surface area is 155 Å². The number of rotatable bonds is 5. The van der Waals surface area contributed by atoms with Gasteiger partial charge in [0.2, 0.25) is 0 Å². The van der Waals surface area contributed by atoms with Gasteiger partial charge < -0.3 is 4.90 Å². The standard InChI is InChI=1S/C17H19N7OS/c25-17-4-3-15(14-2-1-5-18-12-14)20-24(17)11-8-22-6-9-23(10-7-22)16-13-19-26-21-16/h1-5,12-13H,6-11H2. The van der Waals surface area contributed by atoms with Crippen molar-refractivity contribution < 1.29 is 0 Å². The Morgan fingerprint density at radius 2 is 1.92 bits per heavy atom. The number of aromatic nitrogens is 5. The summed E-state index contributed by atoms with van der Waals surface area (Å²) in [6, 6.07) is 7.12. The molecule has 0 amide bonds. The Balaban J connectivity index is 1.37. The van der Waals surface area contributed by atoms with E-state index in [1.165, 1.54) is 11.7 Å². The molecule has 0 N–H and O–H groups in total. The van der Waals surface area contributed by atoms with Crippen LogP contribution in [0.1, 0.15) is 0 Å². The van der Waals surface area contributed by atoms with E-state index in [9.17, 15) is 4.79 Å². The van der Waals surface area contributed by atoms with E-state index in [4.69, 9.17) is 0 Å². The van der Waals surface area contributed by atoms with Gasteiger partial charge in [-0.1, -0.05) is 0 Å². The predicted octanol–water partition coefficient (Wildman–Crippen LogP) is 0.979. The highest BCUT2D eigenvalue weighted by Crippen LogP contribution is 2.14. The lowest BCUT2D eigenvalue weighted by molar-refractivity contribution is 0.242. The van der Waals surface area contributed by atoms with E-state index in [0.717, 1.165) is 49.8 Å². The highest BCUT2D eigenvalue weighted by molar-refractivity contribution is 6.99. The van der Waals surface area contributed by atoms with Crippen LogP contribution < -0.4 is 10.5 Å². The number of nitrogens with zero attached hydrogens (tertiary/aromatic N) is 7. The minimum Gasteiger partial charge on any atom is -0.352 e. The van der Waals surface area contributed by atoms with E-state index < -0.39 is 0 Å². The van der Waals surface area contributed by atoms with Crippen LogP contribution in [0.4, 0.5) is 5.82 Å². The second kappa shape index (κ2) is 7.71. The molecule has 0 saturated carbocycles. The number of hydrogen-bond acceptors (Lipinski definition) is 8. The zero-order valence-corrected chi connectivity index (χ0v) is 15.0. The number of pyridine rings is 1. The van der Waals surface area contributed by atoms with Gasteiger partial charge in [-0.2, -0.15) is 13.8 Å². The summed E-state index contributed by atoms with van der Waals surface area (Å²) < 4.78 is 9.89. The van der Waals surface area contributed by atoms with Crippen molar-refractivity contribution in [2.24, 2.45) is 0 Å². The summed E-state index contributed by atoms with van der Waals surface area (Å²) >= 11 is 1.24. The molecule has 1 aliphatic rings. The Hall–Kier alpha value is -2.65. The van der Waals surface area contributed by atoms with Gasteiger partial charge >= 0.3 is 0 Å².